The minimum absolute atomic E-state index is 0.174. The molecule has 1 atom stereocenters. The van der Waals surface area contributed by atoms with Gasteiger partial charge < -0.3 is 29.6 Å². The highest BCUT2D eigenvalue weighted by atomic mass is 16.5. The normalized spacial score (nSPS) is 11.3. The molecular formula is C23H30N2O6. The number of carbonyl (C=O) groups is 2. The minimum Gasteiger partial charge on any atom is -0.497 e. The number of hydrogen-bond donors (Lipinski definition) is 2. The van der Waals surface area contributed by atoms with Crippen LogP contribution < -0.4 is 29.6 Å². The Morgan fingerprint density at radius 3 is 2.23 bits per heavy atom. The van der Waals surface area contributed by atoms with Crippen LogP contribution in [0.1, 0.15) is 42.7 Å². The fourth-order valence-electron chi connectivity index (χ4n) is 3.00. The van der Waals surface area contributed by atoms with Crippen LogP contribution in [0, 0.1) is 0 Å². The predicted octanol–water partition coefficient (Wildman–Crippen LogP) is 3.11. The van der Waals surface area contributed by atoms with E-state index in [0.29, 0.717) is 41.8 Å². The molecular weight excluding hydrogens is 400 g/mol. The Hall–Kier alpha value is -3.42. The molecule has 0 aliphatic carbocycles. The number of amides is 2. The van der Waals surface area contributed by atoms with Gasteiger partial charge in [0.15, 0.2) is 11.5 Å². The van der Waals surface area contributed by atoms with Gasteiger partial charge in [0.05, 0.1) is 40.0 Å². The average Bonchev–Trinajstić information content (AvgIpc) is 2.78. The zero-order valence-electron chi connectivity index (χ0n) is 18.6. The van der Waals surface area contributed by atoms with E-state index in [-0.39, 0.29) is 24.4 Å². The second-order valence-corrected chi connectivity index (χ2v) is 6.61. The topological polar surface area (TPSA) is 95.1 Å². The van der Waals surface area contributed by atoms with Gasteiger partial charge in [-0.2, -0.15) is 0 Å². The summed E-state index contributed by atoms with van der Waals surface area (Å²) >= 11 is 0. The van der Waals surface area contributed by atoms with Gasteiger partial charge >= 0.3 is 0 Å². The lowest BCUT2D eigenvalue weighted by Gasteiger charge is -2.18. The molecule has 0 bridgehead atoms. The summed E-state index contributed by atoms with van der Waals surface area (Å²) in [6, 6.07) is 9.93. The Bertz CT molecular complexity index is 900. The number of nitrogens with one attached hydrogen (secondary N) is 2. The molecule has 0 fully saturated rings. The van der Waals surface area contributed by atoms with Gasteiger partial charge in [0.25, 0.3) is 5.91 Å². The lowest BCUT2D eigenvalue weighted by molar-refractivity contribution is -0.120. The second kappa shape index (κ2) is 11.7. The zero-order chi connectivity index (χ0) is 22.8. The van der Waals surface area contributed by atoms with Crippen molar-refractivity contribution in [2.45, 2.75) is 26.8 Å². The largest absolute Gasteiger partial charge is 0.497 e. The van der Waals surface area contributed by atoms with Gasteiger partial charge in [-0.1, -0.05) is 0 Å². The Morgan fingerprint density at radius 1 is 0.903 bits per heavy atom. The fourth-order valence-corrected chi connectivity index (χ4v) is 3.00. The lowest BCUT2D eigenvalue weighted by Crippen LogP contribution is -2.38. The molecule has 0 aliphatic heterocycles. The molecule has 0 radical (unpaired) electrons. The SMILES string of the molecule is CCOc1ccc(C(=O)NCC(=O)NC(C)c2cc(OC)ccc2OC)cc1OCC. The Kier molecular flexibility index (Phi) is 8.99. The Morgan fingerprint density at radius 2 is 1.58 bits per heavy atom. The molecule has 1 unspecified atom stereocenters. The first-order valence-electron chi connectivity index (χ1n) is 10.1. The maximum Gasteiger partial charge on any atom is 0.251 e. The Balaban J connectivity index is 1.99. The third-order valence-electron chi connectivity index (χ3n) is 4.50. The fraction of sp³-hybridized carbons (Fsp3) is 0.391. The molecule has 0 heterocycles. The number of methoxy groups -OCH3 is 2. The molecule has 0 spiro atoms. The van der Waals surface area contributed by atoms with Gasteiger partial charge in [-0.05, 0) is 57.2 Å². The highest BCUT2D eigenvalue weighted by Crippen LogP contribution is 2.30. The van der Waals surface area contributed by atoms with E-state index in [1.807, 2.05) is 20.8 Å². The molecule has 8 heteroatoms. The molecule has 2 aromatic rings. The number of hydrogen-bond acceptors (Lipinski definition) is 6. The van der Waals surface area contributed by atoms with Gasteiger partial charge in [0, 0.05) is 11.1 Å². The number of benzene rings is 2. The molecule has 31 heavy (non-hydrogen) atoms. The summed E-state index contributed by atoms with van der Waals surface area (Å²) in [6.07, 6.45) is 0. The van der Waals surface area contributed by atoms with E-state index in [1.165, 1.54) is 0 Å². The van der Waals surface area contributed by atoms with Crippen molar-refractivity contribution in [2.75, 3.05) is 34.0 Å². The maximum atomic E-state index is 12.5. The first kappa shape index (κ1) is 23.9. The third kappa shape index (κ3) is 6.53. The summed E-state index contributed by atoms with van der Waals surface area (Å²) < 4.78 is 21.7. The van der Waals surface area contributed by atoms with Crippen LogP contribution >= 0.6 is 0 Å². The summed E-state index contributed by atoms with van der Waals surface area (Å²) in [5, 5.41) is 5.48. The van der Waals surface area contributed by atoms with Crippen molar-refractivity contribution in [3.8, 4) is 23.0 Å². The van der Waals surface area contributed by atoms with E-state index in [4.69, 9.17) is 18.9 Å². The molecule has 0 aromatic heterocycles. The number of rotatable bonds is 11. The van der Waals surface area contributed by atoms with E-state index in [1.54, 1.807) is 50.6 Å². The van der Waals surface area contributed by atoms with Crippen molar-refractivity contribution in [3.05, 3.63) is 47.5 Å². The standard InChI is InChI=1S/C23H30N2O6/c1-6-30-20-10-8-16(12-21(20)31-7-2)23(27)24-14-22(26)25-15(3)18-13-17(28-4)9-11-19(18)29-5/h8-13,15H,6-7,14H2,1-5H3,(H,24,27)(H,25,26). The van der Waals surface area contributed by atoms with Crippen LogP contribution in [0.2, 0.25) is 0 Å². The molecule has 0 saturated heterocycles. The average molecular weight is 431 g/mol. The van der Waals surface area contributed by atoms with Crippen molar-refractivity contribution in [3.63, 3.8) is 0 Å². The van der Waals surface area contributed by atoms with Crippen LogP contribution in [0.25, 0.3) is 0 Å². The highest BCUT2D eigenvalue weighted by Gasteiger charge is 2.17. The van der Waals surface area contributed by atoms with Gasteiger partial charge in [0.2, 0.25) is 5.91 Å². The van der Waals surface area contributed by atoms with Crippen molar-refractivity contribution in [1.82, 2.24) is 10.6 Å². The first-order valence-corrected chi connectivity index (χ1v) is 10.1. The molecule has 2 aromatic carbocycles. The van der Waals surface area contributed by atoms with Crippen molar-refractivity contribution >= 4 is 11.8 Å². The maximum absolute atomic E-state index is 12.5. The summed E-state index contributed by atoms with van der Waals surface area (Å²) in [5.41, 5.74) is 1.15. The van der Waals surface area contributed by atoms with Crippen molar-refractivity contribution < 1.29 is 28.5 Å². The van der Waals surface area contributed by atoms with E-state index in [2.05, 4.69) is 10.6 Å². The molecule has 2 amide bonds. The summed E-state index contributed by atoms with van der Waals surface area (Å²) in [5.74, 6) is 1.63. The van der Waals surface area contributed by atoms with Crippen molar-refractivity contribution in [2.24, 2.45) is 0 Å². The predicted molar refractivity (Wildman–Crippen MR) is 117 cm³/mol. The van der Waals surface area contributed by atoms with Crippen LogP contribution in [0.3, 0.4) is 0 Å². The molecule has 0 saturated carbocycles. The van der Waals surface area contributed by atoms with E-state index < -0.39 is 0 Å². The van der Waals surface area contributed by atoms with Crippen LogP contribution in [-0.4, -0.2) is 45.8 Å². The highest BCUT2D eigenvalue weighted by molar-refractivity contribution is 5.97. The minimum atomic E-state index is -0.384. The second-order valence-electron chi connectivity index (χ2n) is 6.61. The van der Waals surface area contributed by atoms with Gasteiger partial charge in [-0.3, -0.25) is 9.59 Å². The first-order chi connectivity index (χ1) is 14.9. The molecule has 8 nitrogen and oxygen atoms in total. The molecule has 0 aliphatic rings. The number of ether oxygens (including phenoxy) is 4. The van der Waals surface area contributed by atoms with Crippen molar-refractivity contribution in [1.29, 1.82) is 0 Å². The zero-order valence-corrected chi connectivity index (χ0v) is 18.6. The van der Waals surface area contributed by atoms with Crippen LogP contribution in [0.15, 0.2) is 36.4 Å². The van der Waals surface area contributed by atoms with Crippen LogP contribution in [0.4, 0.5) is 0 Å². The molecule has 168 valence electrons. The third-order valence-corrected chi connectivity index (χ3v) is 4.50. The van der Waals surface area contributed by atoms with Gasteiger partial charge in [-0.25, -0.2) is 0 Å². The summed E-state index contributed by atoms with van der Waals surface area (Å²) in [7, 11) is 3.13. The summed E-state index contributed by atoms with van der Waals surface area (Å²) in [4.78, 5) is 24.9. The quantitative estimate of drug-likeness (QED) is 0.569. The van der Waals surface area contributed by atoms with E-state index in [0.717, 1.165) is 5.56 Å². The Labute approximate surface area is 182 Å². The summed E-state index contributed by atoms with van der Waals surface area (Å²) in [6.45, 7) is 6.31. The van der Waals surface area contributed by atoms with Crippen LogP contribution in [-0.2, 0) is 4.79 Å². The molecule has 2 N–H and O–H groups in total. The number of carbonyl (C=O) groups excluding carboxylic acids is 2. The van der Waals surface area contributed by atoms with Gasteiger partial charge in [-0.15, -0.1) is 0 Å². The van der Waals surface area contributed by atoms with Gasteiger partial charge in [0.1, 0.15) is 11.5 Å². The molecule has 2 rings (SSSR count). The van der Waals surface area contributed by atoms with E-state index in [9.17, 15) is 9.59 Å². The lowest BCUT2D eigenvalue weighted by atomic mass is 10.1. The smallest absolute Gasteiger partial charge is 0.251 e. The van der Waals surface area contributed by atoms with E-state index >= 15 is 0 Å². The van der Waals surface area contributed by atoms with Crippen LogP contribution in [0.5, 0.6) is 23.0 Å². The monoisotopic (exact) mass is 430 g/mol.